The molecule has 2 rings (SSSR count). The first kappa shape index (κ1) is 10.2. The van der Waals surface area contributed by atoms with Gasteiger partial charge in [-0.3, -0.25) is 9.67 Å². The lowest BCUT2D eigenvalue weighted by Crippen LogP contribution is -1.93. The number of aromatic nitrogens is 3. The van der Waals surface area contributed by atoms with E-state index >= 15 is 0 Å². The molecule has 2 aromatic heterocycles. The lowest BCUT2D eigenvalue weighted by Gasteiger charge is -2.04. The highest BCUT2D eigenvalue weighted by atomic mass is 79.9. The van der Waals surface area contributed by atoms with Gasteiger partial charge in [0, 0.05) is 25.1 Å². The standard InChI is InChI=1S/C10H11BrN4/c1-2-15-7-8(5-13-15)14-10-3-4-12-6-9(10)11/h3-7H,2H2,1H3,(H,12,14). The summed E-state index contributed by atoms with van der Waals surface area (Å²) in [4.78, 5) is 4.00. The fourth-order valence-corrected chi connectivity index (χ4v) is 1.58. The molecule has 0 saturated heterocycles. The number of anilines is 2. The van der Waals surface area contributed by atoms with Crippen molar-refractivity contribution >= 4 is 27.3 Å². The van der Waals surface area contributed by atoms with Crippen LogP contribution >= 0.6 is 15.9 Å². The second-order valence-electron chi connectivity index (χ2n) is 3.07. The first-order valence-corrected chi connectivity index (χ1v) is 5.48. The number of halogens is 1. The van der Waals surface area contributed by atoms with Crippen LogP contribution in [0.2, 0.25) is 0 Å². The SMILES string of the molecule is CCn1cc(Nc2ccncc2Br)cn1. The zero-order valence-electron chi connectivity index (χ0n) is 8.31. The molecule has 0 amide bonds. The molecule has 1 N–H and O–H groups in total. The highest BCUT2D eigenvalue weighted by Crippen LogP contribution is 2.23. The largest absolute Gasteiger partial charge is 0.352 e. The molecule has 0 aliphatic carbocycles. The number of hydrogen-bond donors (Lipinski definition) is 1. The molecular weight excluding hydrogens is 256 g/mol. The molecule has 0 spiro atoms. The van der Waals surface area contributed by atoms with Crippen LogP contribution in [-0.4, -0.2) is 14.8 Å². The van der Waals surface area contributed by atoms with E-state index in [-0.39, 0.29) is 0 Å². The Morgan fingerprint density at radius 3 is 3.00 bits per heavy atom. The van der Waals surface area contributed by atoms with Gasteiger partial charge in [-0.1, -0.05) is 0 Å². The third-order valence-electron chi connectivity index (χ3n) is 2.01. The van der Waals surface area contributed by atoms with E-state index in [1.165, 1.54) is 0 Å². The van der Waals surface area contributed by atoms with Gasteiger partial charge in [0.1, 0.15) is 0 Å². The van der Waals surface area contributed by atoms with Crippen LogP contribution in [0.15, 0.2) is 35.3 Å². The van der Waals surface area contributed by atoms with Crippen LogP contribution in [0, 0.1) is 0 Å². The van der Waals surface area contributed by atoms with E-state index in [1.807, 2.05) is 16.9 Å². The molecule has 0 radical (unpaired) electrons. The first-order chi connectivity index (χ1) is 7.29. The molecule has 5 heteroatoms. The first-order valence-electron chi connectivity index (χ1n) is 4.68. The number of hydrogen-bond acceptors (Lipinski definition) is 3. The van der Waals surface area contributed by atoms with Crippen LogP contribution in [0.5, 0.6) is 0 Å². The molecule has 0 aliphatic rings. The van der Waals surface area contributed by atoms with Crippen LogP contribution in [-0.2, 0) is 6.54 Å². The predicted molar refractivity (Wildman–Crippen MR) is 63.1 cm³/mol. The summed E-state index contributed by atoms with van der Waals surface area (Å²) in [5.74, 6) is 0. The zero-order valence-corrected chi connectivity index (χ0v) is 9.90. The van der Waals surface area contributed by atoms with E-state index in [9.17, 15) is 0 Å². The average Bonchev–Trinajstić information content (AvgIpc) is 2.69. The molecule has 0 atom stereocenters. The molecule has 0 unspecified atom stereocenters. The number of nitrogens with zero attached hydrogens (tertiary/aromatic N) is 3. The van der Waals surface area contributed by atoms with Crippen molar-refractivity contribution in [3.63, 3.8) is 0 Å². The molecule has 4 nitrogen and oxygen atoms in total. The fraction of sp³-hybridized carbons (Fsp3) is 0.200. The van der Waals surface area contributed by atoms with Gasteiger partial charge in [-0.05, 0) is 28.9 Å². The monoisotopic (exact) mass is 266 g/mol. The molecule has 15 heavy (non-hydrogen) atoms. The van der Waals surface area contributed by atoms with Crippen molar-refractivity contribution in [1.29, 1.82) is 0 Å². The van der Waals surface area contributed by atoms with E-state index in [1.54, 1.807) is 18.6 Å². The van der Waals surface area contributed by atoms with Crippen LogP contribution in [0.25, 0.3) is 0 Å². The Balaban J connectivity index is 2.18. The second kappa shape index (κ2) is 4.44. The van der Waals surface area contributed by atoms with Gasteiger partial charge in [-0.25, -0.2) is 0 Å². The Bertz CT molecular complexity index is 452. The molecule has 0 saturated carbocycles. The molecule has 2 aromatic rings. The van der Waals surface area contributed by atoms with Crippen LogP contribution in [0.4, 0.5) is 11.4 Å². The van der Waals surface area contributed by atoms with Gasteiger partial charge < -0.3 is 5.32 Å². The van der Waals surface area contributed by atoms with Gasteiger partial charge >= 0.3 is 0 Å². The molecular formula is C10H11BrN4. The third-order valence-corrected chi connectivity index (χ3v) is 2.64. The van der Waals surface area contributed by atoms with E-state index in [0.717, 1.165) is 22.4 Å². The minimum atomic E-state index is 0.874. The van der Waals surface area contributed by atoms with Crippen LogP contribution in [0.3, 0.4) is 0 Å². The van der Waals surface area contributed by atoms with Crippen molar-refractivity contribution in [2.45, 2.75) is 13.5 Å². The molecule has 78 valence electrons. The Hall–Kier alpha value is -1.36. The van der Waals surface area contributed by atoms with E-state index in [4.69, 9.17) is 0 Å². The second-order valence-corrected chi connectivity index (χ2v) is 3.92. The van der Waals surface area contributed by atoms with E-state index in [0.29, 0.717) is 0 Å². The Kier molecular flexibility index (Phi) is 3.01. The normalized spacial score (nSPS) is 10.3. The van der Waals surface area contributed by atoms with Crippen molar-refractivity contribution < 1.29 is 0 Å². The van der Waals surface area contributed by atoms with Crippen molar-refractivity contribution in [2.24, 2.45) is 0 Å². The highest BCUT2D eigenvalue weighted by molar-refractivity contribution is 9.10. The van der Waals surface area contributed by atoms with Gasteiger partial charge in [-0.2, -0.15) is 5.10 Å². The maximum atomic E-state index is 4.18. The lowest BCUT2D eigenvalue weighted by atomic mass is 10.4. The Labute approximate surface area is 96.5 Å². The molecule has 0 fully saturated rings. The molecule has 0 bridgehead atoms. The van der Waals surface area contributed by atoms with Crippen LogP contribution in [0.1, 0.15) is 6.92 Å². The third kappa shape index (κ3) is 2.36. The minimum Gasteiger partial charge on any atom is -0.352 e. The maximum absolute atomic E-state index is 4.18. The summed E-state index contributed by atoms with van der Waals surface area (Å²) < 4.78 is 2.81. The lowest BCUT2D eigenvalue weighted by molar-refractivity contribution is 0.660. The predicted octanol–water partition coefficient (Wildman–Crippen LogP) is 2.80. The Morgan fingerprint density at radius 1 is 1.47 bits per heavy atom. The van der Waals surface area contributed by atoms with Crippen molar-refractivity contribution in [2.75, 3.05) is 5.32 Å². The molecule has 2 heterocycles. The molecule has 0 aromatic carbocycles. The summed E-state index contributed by atoms with van der Waals surface area (Å²) in [6, 6.07) is 1.91. The van der Waals surface area contributed by atoms with E-state index < -0.39 is 0 Å². The highest BCUT2D eigenvalue weighted by Gasteiger charge is 2.01. The minimum absolute atomic E-state index is 0.874. The smallest absolute Gasteiger partial charge is 0.0770 e. The summed E-state index contributed by atoms with van der Waals surface area (Å²) in [5, 5.41) is 7.44. The van der Waals surface area contributed by atoms with Gasteiger partial charge in [-0.15, -0.1) is 0 Å². The average molecular weight is 267 g/mol. The summed E-state index contributed by atoms with van der Waals surface area (Å²) >= 11 is 3.43. The summed E-state index contributed by atoms with van der Waals surface area (Å²) in [6.45, 7) is 2.93. The summed E-state index contributed by atoms with van der Waals surface area (Å²) in [6.07, 6.45) is 7.27. The van der Waals surface area contributed by atoms with Crippen molar-refractivity contribution in [3.8, 4) is 0 Å². The van der Waals surface area contributed by atoms with Crippen molar-refractivity contribution in [1.82, 2.24) is 14.8 Å². The van der Waals surface area contributed by atoms with Gasteiger partial charge in [0.05, 0.1) is 22.0 Å². The zero-order chi connectivity index (χ0) is 10.7. The van der Waals surface area contributed by atoms with Crippen molar-refractivity contribution in [3.05, 3.63) is 35.3 Å². The van der Waals surface area contributed by atoms with E-state index in [2.05, 4.69) is 38.3 Å². The maximum Gasteiger partial charge on any atom is 0.0770 e. The fourth-order valence-electron chi connectivity index (χ4n) is 1.23. The van der Waals surface area contributed by atoms with Gasteiger partial charge in [0.15, 0.2) is 0 Å². The number of nitrogens with one attached hydrogen (secondary N) is 1. The van der Waals surface area contributed by atoms with Gasteiger partial charge in [0.25, 0.3) is 0 Å². The topological polar surface area (TPSA) is 42.7 Å². The quantitative estimate of drug-likeness (QED) is 0.929. The number of rotatable bonds is 3. The Morgan fingerprint density at radius 2 is 2.33 bits per heavy atom. The number of pyridine rings is 1. The summed E-state index contributed by atoms with van der Waals surface area (Å²) in [7, 11) is 0. The molecule has 0 aliphatic heterocycles. The van der Waals surface area contributed by atoms with Gasteiger partial charge in [0.2, 0.25) is 0 Å². The van der Waals surface area contributed by atoms with Crippen LogP contribution < -0.4 is 5.32 Å². The summed E-state index contributed by atoms with van der Waals surface area (Å²) in [5.41, 5.74) is 1.96. The number of aryl methyl sites for hydroxylation is 1.